The fourth-order valence-corrected chi connectivity index (χ4v) is 4.08. The molecule has 1 heterocycles. The van der Waals surface area contributed by atoms with Gasteiger partial charge in [0, 0.05) is 15.5 Å². The van der Waals surface area contributed by atoms with E-state index in [4.69, 9.17) is 0 Å². The van der Waals surface area contributed by atoms with Crippen molar-refractivity contribution in [1.82, 2.24) is 4.98 Å². The number of anilines is 1. The van der Waals surface area contributed by atoms with Crippen molar-refractivity contribution in [2.45, 2.75) is 24.1 Å². The summed E-state index contributed by atoms with van der Waals surface area (Å²) in [6, 6.07) is 17.7. The molecular formula is C18H18N2OS2. The summed E-state index contributed by atoms with van der Waals surface area (Å²) in [5, 5.41) is 3.41. The molecule has 0 aliphatic carbocycles. The highest BCUT2D eigenvalue weighted by atomic mass is 32.2. The molecule has 118 valence electrons. The smallest absolute Gasteiger partial charge is 0.0798 e. The van der Waals surface area contributed by atoms with Gasteiger partial charge in [0.25, 0.3) is 0 Å². The summed E-state index contributed by atoms with van der Waals surface area (Å²) in [6.07, 6.45) is 0. The zero-order chi connectivity index (χ0) is 16.1. The van der Waals surface area contributed by atoms with Gasteiger partial charge in [-0.05, 0) is 36.8 Å². The molecule has 0 saturated heterocycles. The van der Waals surface area contributed by atoms with E-state index in [-0.39, 0.29) is 0 Å². The van der Waals surface area contributed by atoms with E-state index in [0.29, 0.717) is 5.75 Å². The van der Waals surface area contributed by atoms with Crippen molar-refractivity contribution >= 4 is 27.8 Å². The van der Waals surface area contributed by atoms with Crippen LogP contribution in [0.15, 0.2) is 65.0 Å². The van der Waals surface area contributed by atoms with Crippen LogP contribution in [-0.4, -0.2) is 9.19 Å². The summed E-state index contributed by atoms with van der Waals surface area (Å²) in [5.74, 6) is 0.527. The van der Waals surface area contributed by atoms with Gasteiger partial charge in [-0.25, -0.2) is 4.98 Å². The maximum Gasteiger partial charge on any atom is 0.0798 e. The second-order valence-electron chi connectivity index (χ2n) is 5.22. The van der Waals surface area contributed by atoms with E-state index < -0.39 is 10.8 Å². The van der Waals surface area contributed by atoms with Crippen LogP contribution < -0.4 is 5.32 Å². The number of thiazole rings is 1. The van der Waals surface area contributed by atoms with Gasteiger partial charge >= 0.3 is 0 Å². The van der Waals surface area contributed by atoms with Gasteiger partial charge in [-0.2, -0.15) is 0 Å². The van der Waals surface area contributed by atoms with Crippen LogP contribution >= 0.6 is 11.3 Å². The molecule has 1 aromatic heterocycles. The largest absolute Gasteiger partial charge is 0.380 e. The van der Waals surface area contributed by atoms with E-state index in [1.807, 2.05) is 61.0 Å². The van der Waals surface area contributed by atoms with E-state index in [1.54, 1.807) is 11.3 Å². The van der Waals surface area contributed by atoms with Crippen molar-refractivity contribution in [2.75, 3.05) is 5.32 Å². The second kappa shape index (κ2) is 7.53. The number of nitrogens with zero attached hydrogens (tertiary/aromatic N) is 1. The minimum atomic E-state index is -1.02. The average molecular weight is 342 g/mol. The molecule has 1 atom stereocenters. The fourth-order valence-electron chi connectivity index (χ4n) is 2.26. The molecule has 0 aliphatic heterocycles. The predicted molar refractivity (Wildman–Crippen MR) is 97.2 cm³/mol. The lowest BCUT2D eigenvalue weighted by Gasteiger charge is -2.08. The molecule has 0 amide bonds. The lowest BCUT2D eigenvalue weighted by molar-refractivity contribution is 0.682. The van der Waals surface area contributed by atoms with E-state index in [9.17, 15) is 4.21 Å². The number of nitrogens with one attached hydrogen (secondary N) is 1. The lowest BCUT2D eigenvalue weighted by Crippen LogP contribution is -2.01. The van der Waals surface area contributed by atoms with Crippen LogP contribution in [0.5, 0.6) is 0 Å². The standard InChI is InChI=1S/C18H18N2OS2/c1-14-18(22-13-20-14)11-19-16-7-5-6-15(10-16)12-23(21)17-8-3-2-4-9-17/h2-10,13,19H,11-12H2,1H3/t23-/m0/s1. The molecular weight excluding hydrogens is 324 g/mol. The van der Waals surface area contributed by atoms with Gasteiger partial charge in [0.2, 0.25) is 0 Å². The highest BCUT2D eigenvalue weighted by molar-refractivity contribution is 7.84. The molecule has 0 bridgehead atoms. The summed E-state index contributed by atoms with van der Waals surface area (Å²) < 4.78 is 12.4. The quantitative estimate of drug-likeness (QED) is 0.723. The van der Waals surface area contributed by atoms with Crippen LogP contribution in [0.3, 0.4) is 0 Å². The number of hydrogen-bond donors (Lipinski definition) is 1. The zero-order valence-corrected chi connectivity index (χ0v) is 14.5. The molecule has 0 aliphatic rings. The summed E-state index contributed by atoms with van der Waals surface area (Å²) in [6.45, 7) is 2.79. The van der Waals surface area contributed by atoms with Crippen LogP contribution in [0.4, 0.5) is 5.69 Å². The first-order valence-electron chi connectivity index (χ1n) is 7.37. The molecule has 2 aromatic carbocycles. The van der Waals surface area contributed by atoms with Crippen molar-refractivity contribution in [3.8, 4) is 0 Å². The number of hydrogen-bond acceptors (Lipinski definition) is 4. The first kappa shape index (κ1) is 15.9. The van der Waals surface area contributed by atoms with Gasteiger partial charge in [-0.1, -0.05) is 30.3 Å². The number of aryl methyl sites for hydroxylation is 1. The number of rotatable bonds is 6. The molecule has 0 saturated carbocycles. The van der Waals surface area contributed by atoms with Crippen LogP contribution in [0.1, 0.15) is 16.1 Å². The third-order valence-corrected chi connectivity index (χ3v) is 5.86. The molecule has 0 fully saturated rings. The molecule has 1 N–H and O–H groups in total. The monoisotopic (exact) mass is 342 g/mol. The normalized spacial score (nSPS) is 12.0. The Kier molecular flexibility index (Phi) is 5.20. The summed E-state index contributed by atoms with van der Waals surface area (Å²) >= 11 is 1.66. The highest BCUT2D eigenvalue weighted by Crippen LogP contribution is 2.18. The van der Waals surface area contributed by atoms with E-state index in [1.165, 1.54) is 4.88 Å². The minimum Gasteiger partial charge on any atom is -0.380 e. The lowest BCUT2D eigenvalue weighted by atomic mass is 10.2. The van der Waals surface area contributed by atoms with Gasteiger partial charge in [-0.3, -0.25) is 4.21 Å². The summed E-state index contributed by atoms with van der Waals surface area (Å²) in [4.78, 5) is 6.36. The third-order valence-electron chi connectivity index (χ3n) is 3.53. The van der Waals surface area contributed by atoms with Crippen molar-refractivity contribution in [3.05, 3.63) is 76.2 Å². The average Bonchev–Trinajstić information content (AvgIpc) is 2.99. The van der Waals surface area contributed by atoms with Crippen LogP contribution in [-0.2, 0) is 23.1 Å². The van der Waals surface area contributed by atoms with Crippen LogP contribution in [0, 0.1) is 6.92 Å². The van der Waals surface area contributed by atoms with Crippen LogP contribution in [0.25, 0.3) is 0 Å². The Labute approximate surface area is 142 Å². The number of benzene rings is 2. The minimum absolute atomic E-state index is 0.527. The van der Waals surface area contributed by atoms with Crippen LogP contribution in [0.2, 0.25) is 0 Å². The molecule has 3 nitrogen and oxygen atoms in total. The number of aromatic nitrogens is 1. The van der Waals surface area contributed by atoms with Gasteiger partial charge in [0.1, 0.15) is 0 Å². The molecule has 0 unspecified atom stereocenters. The Morgan fingerprint density at radius 1 is 1.13 bits per heavy atom. The van der Waals surface area contributed by atoms with Crippen molar-refractivity contribution in [3.63, 3.8) is 0 Å². The maximum atomic E-state index is 12.4. The van der Waals surface area contributed by atoms with Gasteiger partial charge < -0.3 is 5.32 Å². The molecule has 0 radical (unpaired) electrons. The molecule has 5 heteroatoms. The summed E-state index contributed by atoms with van der Waals surface area (Å²) in [7, 11) is -1.02. The van der Waals surface area contributed by atoms with E-state index in [0.717, 1.165) is 28.4 Å². The van der Waals surface area contributed by atoms with Gasteiger partial charge in [0.05, 0.1) is 34.3 Å². The molecule has 0 spiro atoms. The topological polar surface area (TPSA) is 42.0 Å². The molecule has 23 heavy (non-hydrogen) atoms. The zero-order valence-electron chi connectivity index (χ0n) is 12.9. The Hall–Kier alpha value is -1.98. The Morgan fingerprint density at radius 3 is 2.70 bits per heavy atom. The molecule has 3 aromatic rings. The Morgan fingerprint density at radius 2 is 1.96 bits per heavy atom. The van der Waals surface area contributed by atoms with Crippen molar-refractivity contribution in [2.24, 2.45) is 0 Å². The van der Waals surface area contributed by atoms with Gasteiger partial charge in [-0.15, -0.1) is 11.3 Å². The third kappa shape index (κ3) is 4.27. The second-order valence-corrected chi connectivity index (χ2v) is 7.61. The first-order chi connectivity index (χ1) is 11.2. The van der Waals surface area contributed by atoms with Crippen molar-refractivity contribution < 1.29 is 4.21 Å². The summed E-state index contributed by atoms with van der Waals surface area (Å²) in [5.41, 5.74) is 5.05. The SMILES string of the molecule is Cc1ncsc1CNc1cccc(C[S@](=O)c2ccccc2)c1. The maximum absolute atomic E-state index is 12.4. The van der Waals surface area contributed by atoms with E-state index in [2.05, 4.69) is 16.4 Å². The van der Waals surface area contributed by atoms with Crippen molar-refractivity contribution in [1.29, 1.82) is 0 Å². The Bertz CT molecular complexity index is 800. The van der Waals surface area contributed by atoms with Gasteiger partial charge in [0.15, 0.2) is 0 Å². The highest BCUT2D eigenvalue weighted by Gasteiger charge is 2.06. The van der Waals surface area contributed by atoms with E-state index >= 15 is 0 Å². The Balaban J connectivity index is 1.65. The predicted octanol–water partition coefficient (Wildman–Crippen LogP) is 4.37. The first-order valence-corrected chi connectivity index (χ1v) is 9.57. The molecule has 3 rings (SSSR count). The fraction of sp³-hybridized carbons (Fsp3) is 0.167.